The largest absolute Gasteiger partial charge is 0.481 e. The maximum Gasteiger partial charge on any atom is 0.351 e. The first-order valence-electron chi connectivity index (χ1n) is 12.7. The number of hydrogen-bond donors (Lipinski definition) is 4. The monoisotopic (exact) mass is 605 g/mol. The molecule has 2 amide bonds. The summed E-state index contributed by atoms with van der Waals surface area (Å²) in [6.07, 6.45) is 1.56. The van der Waals surface area contributed by atoms with Crippen molar-refractivity contribution in [1.29, 1.82) is 0 Å². The van der Waals surface area contributed by atoms with Crippen molar-refractivity contribution in [2.24, 2.45) is 5.11 Å². The normalized spacial score (nSPS) is 19.6. The summed E-state index contributed by atoms with van der Waals surface area (Å²) in [6.45, 7) is 0.420. The molecule has 4 N–H and O–H groups in total. The topological polar surface area (TPSA) is 218 Å². The standard InChI is InChI=1S/C22H34FN7O8P2/c23-39-40-37-13-16-15(31)12-20(38-16)30-11-9-17(27-22(30)36)26-19(33)8-6-14(28-29-24)5-7-18(32)25-10-3-1-2-4-21(34)35/h9,11,14-16,20,31,39-40H,1-8,10,12-13H2,(H,25,32)(H,34,35)(H,26,27,33,36)/t14?,15-,16-,20-/m1/s1. The highest BCUT2D eigenvalue weighted by atomic mass is 32.0. The van der Waals surface area contributed by atoms with Gasteiger partial charge < -0.3 is 30.1 Å². The van der Waals surface area contributed by atoms with Gasteiger partial charge in [0.25, 0.3) is 0 Å². The highest BCUT2D eigenvalue weighted by Crippen LogP contribution is 2.39. The fourth-order valence-electron chi connectivity index (χ4n) is 3.92. The van der Waals surface area contributed by atoms with E-state index in [0.29, 0.717) is 25.8 Å². The molecule has 0 bridgehead atoms. The van der Waals surface area contributed by atoms with Crippen LogP contribution in [-0.2, 0) is 23.6 Å². The van der Waals surface area contributed by atoms with E-state index < -0.39 is 50.6 Å². The Morgan fingerprint density at radius 2 is 2.02 bits per heavy atom. The average molecular weight is 606 g/mol. The van der Waals surface area contributed by atoms with E-state index in [1.165, 1.54) is 16.8 Å². The number of rotatable bonds is 19. The number of carboxylic acid groups (broad SMARTS) is 1. The number of halogens is 1. The van der Waals surface area contributed by atoms with Crippen molar-refractivity contribution in [3.8, 4) is 0 Å². The number of aromatic nitrogens is 2. The summed E-state index contributed by atoms with van der Waals surface area (Å²) in [5, 5.41) is 27.6. The highest BCUT2D eigenvalue weighted by Gasteiger charge is 2.35. The number of nitrogens with zero attached hydrogens (tertiary/aromatic N) is 5. The highest BCUT2D eigenvalue weighted by molar-refractivity contribution is 8.07. The molecule has 1 aromatic heterocycles. The second kappa shape index (κ2) is 18.6. The first kappa shape index (κ1) is 33.5. The summed E-state index contributed by atoms with van der Waals surface area (Å²) in [4.78, 5) is 54.0. The molecule has 0 aliphatic carbocycles. The molecule has 6 atom stereocenters. The van der Waals surface area contributed by atoms with Gasteiger partial charge in [-0.3, -0.25) is 19.0 Å². The van der Waals surface area contributed by atoms with Crippen molar-refractivity contribution in [1.82, 2.24) is 14.9 Å². The Labute approximate surface area is 232 Å². The third-order valence-electron chi connectivity index (χ3n) is 5.98. The zero-order valence-corrected chi connectivity index (χ0v) is 23.7. The molecule has 0 radical (unpaired) electrons. The number of carbonyl (C=O) groups excluding carboxylic acids is 2. The Balaban J connectivity index is 1.75. The predicted molar refractivity (Wildman–Crippen MR) is 146 cm³/mol. The number of carboxylic acids is 1. The lowest BCUT2D eigenvalue weighted by molar-refractivity contribution is -0.137. The second-order valence-corrected chi connectivity index (χ2v) is 10.8. The van der Waals surface area contributed by atoms with E-state index in [2.05, 4.69) is 25.6 Å². The second-order valence-electron chi connectivity index (χ2n) is 8.98. The summed E-state index contributed by atoms with van der Waals surface area (Å²) < 4.78 is 24.2. The van der Waals surface area contributed by atoms with E-state index >= 15 is 0 Å². The van der Waals surface area contributed by atoms with E-state index in [1.54, 1.807) is 0 Å². The summed E-state index contributed by atoms with van der Waals surface area (Å²) >= 11 is 0. The van der Waals surface area contributed by atoms with Crippen molar-refractivity contribution in [3.63, 3.8) is 0 Å². The molecule has 1 aliphatic rings. The molecule has 0 aromatic carbocycles. The molecule has 1 aromatic rings. The molecule has 1 saturated heterocycles. The fourth-order valence-corrected chi connectivity index (χ4v) is 4.63. The van der Waals surface area contributed by atoms with Crippen molar-refractivity contribution in [2.75, 3.05) is 18.5 Å². The van der Waals surface area contributed by atoms with Gasteiger partial charge in [-0.1, -0.05) is 11.5 Å². The molecular weight excluding hydrogens is 571 g/mol. The minimum absolute atomic E-state index is 0.00104. The van der Waals surface area contributed by atoms with Gasteiger partial charge in [0.1, 0.15) is 26.7 Å². The lowest BCUT2D eigenvalue weighted by Crippen LogP contribution is -2.29. The maximum absolute atomic E-state index is 12.5. The van der Waals surface area contributed by atoms with Gasteiger partial charge in [-0.25, -0.2) is 8.99 Å². The van der Waals surface area contributed by atoms with Crippen molar-refractivity contribution in [3.05, 3.63) is 33.2 Å². The van der Waals surface area contributed by atoms with Crippen molar-refractivity contribution < 1.29 is 38.1 Å². The Bertz CT molecular complexity index is 1090. The minimum atomic E-state index is -0.894. The molecule has 18 heteroatoms. The smallest absolute Gasteiger partial charge is 0.351 e. The summed E-state index contributed by atoms with van der Waals surface area (Å²) in [5.41, 5.74) is 8.11. The van der Waals surface area contributed by atoms with Crippen LogP contribution >= 0.6 is 17.1 Å². The zero-order chi connectivity index (χ0) is 29.3. The van der Waals surface area contributed by atoms with Gasteiger partial charge in [-0.05, 0) is 37.3 Å². The Morgan fingerprint density at radius 3 is 2.70 bits per heavy atom. The molecular formula is C22H34FN7O8P2. The summed E-state index contributed by atoms with van der Waals surface area (Å²) in [6, 6.07) is 0.813. The molecule has 1 fully saturated rings. The van der Waals surface area contributed by atoms with Crippen LogP contribution in [0.2, 0.25) is 0 Å². The van der Waals surface area contributed by atoms with E-state index in [-0.39, 0.29) is 65.4 Å². The molecule has 2 rings (SSSR count). The van der Waals surface area contributed by atoms with E-state index in [4.69, 9.17) is 19.9 Å². The van der Waals surface area contributed by atoms with Gasteiger partial charge in [-0.15, -0.1) is 0 Å². The Morgan fingerprint density at radius 1 is 1.27 bits per heavy atom. The van der Waals surface area contributed by atoms with Gasteiger partial charge in [0.05, 0.1) is 21.2 Å². The van der Waals surface area contributed by atoms with Crippen LogP contribution in [0.25, 0.3) is 10.4 Å². The minimum Gasteiger partial charge on any atom is -0.481 e. The third-order valence-corrected chi connectivity index (χ3v) is 7.04. The van der Waals surface area contributed by atoms with E-state index in [0.717, 1.165) is 0 Å². The molecule has 40 heavy (non-hydrogen) atoms. The predicted octanol–water partition coefficient (Wildman–Crippen LogP) is 2.92. The molecule has 3 unspecified atom stereocenters. The number of ether oxygens (including phenoxy) is 1. The number of nitrogens with one attached hydrogen (secondary N) is 2. The number of anilines is 1. The molecule has 222 valence electrons. The first-order valence-corrected chi connectivity index (χ1v) is 15.5. The number of unbranched alkanes of at least 4 members (excludes halogenated alkanes) is 2. The number of amides is 2. The molecule has 15 nitrogen and oxygen atoms in total. The number of hydrogen-bond acceptors (Lipinski definition) is 9. The molecule has 0 spiro atoms. The van der Waals surface area contributed by atoms with Gasteiger partial charge in [0, 0.05) is 49.4 Å². The van der Waals surface area contributed by atoms with Crippen molar-refractivity contribution >= 4 is 40.7 Å². The van der Waals surface area contributed by atoms with Crippen molar-refractivity contribution in [2.45, 2.75) is 82.3 Å². The Hall–Kier alpha value is -2.73. The van der Waals surface area contributed by atoms with Gasteiger partial charge in [0.15, 0.2) is 0 Å². The van der Waals surface area contributed by atoms with Crippen LogP contribution in [0.15, 0.2) is 22.2 Å². The van der Waals surface area contributed by atoms with E-state index in [1.807, 2.05) is 0 Å². The summed E-state index contributed by atoms with van der Waals surface area (Å²) in [5.74, 6) is -1.54. The number of azide groups is 1. The number of aliphatic carboxylic acids is 1. The van der Waals surface area contributed by atoms with Gasteiger partial charge >= 0.3 is 11.7 Å². The van der Waals surface area contributed by atoms with Crippen LogP contribution in [0.3, 0.4) is 0 Å². The van der Waals surface area contributed by atoms with Crippen LogP contribution in [-0.4, -0.2) is 68.9 Å². The van der Waals surface area contributed by atoms with E-state index in [9.17, 15) is 28.5 Å². The van der Waals surface area contributed by atoms with Crippen LogP contribution in [0.1, 0.15) is 64.0 Å². The average Bonchev–Trinajstić information content (AvgIpc) is 3.27. The first-order chi connectivity index (χ1) is 19.2. The SMILES string of the molecule is [N-]=[N+]=NC(CCC(=O)NCCCCCC(=O)O)CCC(=O)Nc1ccn([C@H]2C[C@@H](O)[C@@H](COPPF)O2)c(=O)n1. The quantitative estimate of drug-likeness (QED) is 0.0598. The third kappa shape index (κ3) is 12.6. The number of carbonyl (C=O) groups is 3. The summed E-state index contributed by atoms with van der Waals surface area (Å²) in [7, 11) is -1.18. The lowest BCUT2D eigenvalue weighted by atomic mass is 10.1. The number of aliphatic hydroxyl groups excluding tert-OH is 1. The van der Waals surface area contributed by atoms with Gasteiger partial charge in [-0.2, -0.15) is 4.98 Å². The van der Waals surface area contributed by atoms with Crippen LogP contribution < -0.4 is 16.3 Å². The van der Waals surface area contributed by atoms with Crippen LogP contribution in [0.5, 0.6) is 0 Å². The van der Waals surface area contributed by atoms with Crippen LogP contribution in [0.4, 0.5) is 10.0 Å². The molecule has 2 heterocycles. The molecule has 1 aliphatic heterocycles. The van der Waals surface area contributed by atoms with Gasteiger partial charge in [0.2, 0.25) is 11.8 Å². The Kier molecular flexibility index (Phi) is 15.6. The fraction of sp³-hybridized carbons (Fsp3) is 0.682. The molecule has 0 saturated carbocycles. The van der Waals surface area contributed by atoms with Crippen LogP contribution in [0, 0.1) is 0 Å². The lowest BCUT2D eigenvalue weighted by Gasteiger charge is -2.16. The zero-order valence-electron chi connectivity index (χ0n) is 21.7. The maximum atomic E-state index is 12.5. The number of aliphatic hydroxyl groups is 1.